The number of aromatic amines is 1. The molecule has 1 aliphatic heterocycles. The van der Waals surface area contributed by atoms with Crippen molar-refractivity contribution in [1.82, 2.24) is 15.3 Å². The quantitative estimate of drug-likeness (QED) is 0.826. The van der Waals surface area contributed by atoms with Gasteiger partial charge in [-0.25, -0.2) is 4.98 Å². The maximum atomic E-state index is 4.48. The maximum absolute atomic E-state index is 4.48. The van der Waals surface area contributed by atoms with E-state index in [0.717, 1.165) is 18.1 Å². The van der Waals surface area contributed by atoms with E-state index >= 15 is 0 Å². The van der Waals surface area contributed by atoms with Gasteiger partial charge in [0.25, 0.3) is 0 Å². The second-order valence-electron chi connectivity index (χ2n) is 4.34. The number of nitrogens with zero attached hydrogens (tertiary/aromatic N) is 1. The van der Waals surface area contributed by atoms with E-state index < -0.39 is 0 Å². The smallest absolute Gasteiger partial charge is 0.123 e. The van der Waals surface area contributed by atoms with Gasteiger partial charge >= 0.3 is 0 Å². The van der Waals surface area contributed by atoms with Crippen molar-refractivity contribution in [3.8, 4) is 11.3 Å². The number of aromatic nitrogens is 2. The summed E-state index contributed by atoms with van der Waals surface area (Å²) in [5, 5.41) is 3.45. The lowest BCUT2D eigenvalue weighted by molar-refractivity contribution is 0.613. The molecular weight excluding hydrogens is 325 g/mol. The molecule has 1 atom stereocenters. The predicted molar refractivity (Wildman–Crippen MR) is 76.7 cm³/mol. The van der Waals surface area contributed by atoms with Gasteiger partial charge in [-0.3, -0.25) is 0 Å². The topological polar surface area (TPSA) is 40.7 Å². The zero-order valence-electron chi connectivity index (χ0n) is 9.41. The Hall–Kier alpha value is -0.880. The summed E-state index contributed by atoms with van der Waals surface area (Å²) in [6.07, 6.45) is 4.35. The van der Waals surface area contributed by atoms with Crippen LogP contribution in [0.3, 0.4) is 0 Å². The normalized spacial score (nSPS) is 19.7. The van der Waals surface area contributed by atoms with Crippen molar-refractivity contribution >= 4 is 22.6 Å². The van der Waals surface area contributed by atoms with E-state index in [0.29, 0.717) is 6.04 Å². The highest BCUT2D eigenvalue weighted by Crippen LogP contribution is 2.24. The summed E-state index contributed by atoms with van der Waals surface area (Å²) in [6, 6.07) is 8.89. The number of hydrogen-bond donors (Lipinski definition) is 2. The Labute approximate surface area is 114 Å². The molecule has 0 amide bonds. The second-order valence-corrected chi connectivity index (χ2v) is 5.58. The molecule has 0 spiro atoms. The van der Waals surface area contributed by atoms with Crippen molar-refractivity contribution in [3.05, 3.63) is 39.9 Å². The minimum absolute atomic E-state index is 0.410. The molecule has 0 bridgehead atoms. The van der Waals surface area contributed by atoms with E-state index in [9.17, 15) is 0 Å². The average Bonchev–Trinajstić information content (AvgIpc) is 3.00. The van der Waals surface area contributed by atoms with Crippen LogP contribution in [0.25, 0.3) is 11.3 Å². The molecule has 0 aliphatic carbocycles. The number of halogens is 1. The van der Waals surface area contributed by atoms with Crippen LogP contribution in [0.4, 0.5) is 0 Å². The van der Waals surface area contributed by atoms with Gasteiger partial charge in [-0.15, -0.1) is 0 Å². The summed E-state index contributed by atoms with van der Waals surface area (Å²) in [5.74, 6) is 1.07. The maximum Gasteiger partial charge on any atom is 0.123 e. The van der Waals surface area contributed by atoms with Gasteiger partial charge in [-0.05, 0) is 59.7 Å². The Morgan fingerprint density at radius 2 is 2.06 bits per heavy atom. The third kappa shape index (κ3) is 2.37. The number of imidazole rings is 1. The first kappa shape index (κ1) is 11.2. The van der Waals surface area contributed by atoms with Gasteiger partial charge in [0, 0.05) is 3.57 Å². The van der Waals surface area contributed by atoms with Crippen molar-refractivity contribution in [2.75, 3.05) is 6.54 Å². The van der Waals surface area contributed by atoms with Gasteiger partial charge in [0.15, 0.2) is 0 Å². The van der Waals surface area contributed by atoms with Gasteiger partial charge in [0.2, 0.25) is 0 Å². The van der Waals surface area contributed by atoms with Crippen molar-refractivity contribution in [2.24, 2.45) is 0 Å². The molecule has 1 aromatic heterocycles. The SMILES string of the molecule is Ic1ccc(-c2cnc(C3CCCN3)[nH]2)cc1. The number of nitrogens with one attached hydrogen (secondary N) is 2. The molecule has 3 rings (SSSR count). The molecule has 1 aliphatic rings. The van der Waals surface area contributed by atoms with Gasteiger partial charge in [-0.1, -0.05) is 12.1 Å². The Bertz CT molecular complexity index is 498. The van der Waals surface area contributed by atoms with Crippen LogP contribution in [-0.2, 0) is 0 Å². The molecule has 1 saturated heterocycles. The van der Waals surface area contributed by atoms with Crippen molar-refractivity contribution < 1.29 is 0 Å². The molecule has 1 unspecified atom stereocenters. The Morgan fingerprint density at radius 1 is 1.24 bits per heavy atom. The summed E-state index contributed by atoms with van der Waals surface area (Å²) < 4.78 is 1.25. The molecule has 2 aromatic rings. The third-order valence-electron chi connectivity index (χ3n) is 3.14. The van der Waals surface area contributed by atoms with Crippen LogP contribution in [0.15, 0.2) is 30.5 Å². The van der Waals surface area contributed by atoms with E-state index in [1.807, 2.05) is 6.20 Å². The average molecular weight is 339 g/mol. The monoisotopic (exact) mass is 339 g/mol. The van der Waals surface area contributed by atoms with E-state index in [1.54, 1.807) is 0 Å². The van der Waals surface area contributed by atoms with Gasteiger partial charge < -0.3 is 10.3 Å². The molecule has 0 radical (unpaired) electrons. The first-order valence-electron chi connectivity index (χ1n) is 5.87. The van der Waals surface area contributed by atoms with Crippen molar-refractivity contribution in [2.45, 2.75) is 18.9 Å². The molecule has 2 heterocycles. The van der Waals surface area contributed by atoms with Crippen LogP contribution >= 0.6 is 22.6 Å². The van der Waals surface area contributed by atoms with Crippen LogP contribution in [0.1, 0.15) is 24.7 Å². The molecular formula is C13H14IN3. The van der Waals surface area contributed by atoms with Gasteiger partial charge in [-0.2, -0.15) is 0 Å². The zero-order chi connectivity index (χ0) is 11.7. The van der Waals surface area contributed by atoms with Crippen molar-refractivity contribution in [1.29, 1.82) is 0 Å². The fraction of sp³-hybridized carbons (Fsp3) is 0.308. The molecule has 1 fully saturated rings. The highest BCUT2D eigenvalue weighted by molar-refractivity contribution is 14.1. The fourth-order valence-electron chi connectivity index (χ4n) is 2.21. The molecule has 88 valence electrons. The summed E-state index contributed by atoms with van der Waals surface area (Å²) in [4.78, 5) is 7.89. The molecule has 2 N–H and O–H groups in total. The fourth-order valence-corrected chi connectivity index (χ4v) is 2.57. The van der Waals surface area contributed by atoms with Crippen molar-refractivity contribution in [3.63, 3.8) is 0 Å². The van der Waals surface area contributed by atoms with Crippen LogP contribution in [0, 0.1) is 3.57 Å². The standard InChI is InChI=1S/C13H14IN3/c14-10-5-3-9(4-6-10)12-8-16-13(17-12)11-2-1-7-15-11/h3-6,8,11,15H,1-2,7H2,(H,16,17). The summed E-state index contributed by atoms with van der Waals surface area (Å²) in [6.45, 7) is 1.10. The summed E-state index contributed by atoms with van der Waals surface area (Å²) >= 11 is 2.32. The minimum Gasteiger partial charge on any atom is -0.341 e. The number of benzene rings is 1. The summed E-state index contributed by atoms with van der Waals surface area (Å²) in [5.41, 5.74) is 2.30. The first-order chi connectivity index (χ1) is 8.33. The zero-order valence-corrected chi connectivity index (χ0v) is 11.6. The van der Waals surface area contributed by atoms with Gasteiger partial charge in [0.05, 0.1) is 17.9 Å². The Kier molecular flexibility index (Phi) is 3.15. The van der Waals surface area contributed by atoms with Crippen LogP contribution in [0.2, 0.25) is 0 Å². The number of rotatable bonds is 2. The van der Waals surface area contributed by atoms with E-state index in [-0.39, 0.29) is 0 Å². The van der Waals surface area contributed by atoms with E-state index in [4.69, 9.17) is 0 Å². The molecule has 1 aromatic carbocycles. The Balaban J connectivity index is 1.86. The number of H-pyrrole nitrogens is 1. The highest BCUT2D eigenvalue weighted by atomic mass is 127. The third-order valence-corrected chi connectivity index (χ3v) is 3.86. The first-order valence-corrected chi connectivity index (χ1v) is 6.95. The Morgan fingerprint density at radius 3 is 2.76 bits per heavy atom. The van der Waals surface area contributed by atoms with Gasteiger partial charge in [0.1, 0.15) is 5.82 Å². The lowest BCUT2D eigenvalue weighted by Gasteiger charge is -2.05. The second kappa shape index (κ2) is 4.78. The molecule has 0 saturated carbocycles. The molecule has 17 heavy (non-hydrogen) atoms. The van der Waals surface area contributed by atoms with Crippen LogP contribution in [-0.4, -0.2) is 16.5 Å². The largest absolute Gasteiger partial charge is 0.341 e. The van der Waals surface area contributed by atoms with Crippen LogP contribution < -0.4 is 5.32 Å². The summed E-state index contributed by atoms with van der Waals surface area (Å²) in [7, 11) is 0. The van der Waals surface area contributed by atoms with Crippen LogP contribution in [0.5, 0.6) is 0 Å². The van der Waals surface area contributed by atoms with E-state index in [1.165, 1.54) is 22.0 Å². The number of hydrogen-bond acceptors (Lipinski definition) is 2. The molecule has 4 heteroatoms. The lowest BCUT2D eigenvalue weighted by Crippen LogP contribution is -2.14. The minimum atomic E-state index is 0.410. The highest BCUT2D eigenvalue weighted by Gasteiger charge is 2.19. The molecule has 3 nitrogen and oxygen atoms in total. The van der Waals surface area contributed by atoms with E-state index in [2.05, 4.69) is 62.1 Å². The predicted octanol–water partition coefficient (Wildman–Crippen LogP) is 3.11. The lowest BCUT2D eigenvalue weighted by atomic mass is 10.2.